The number of nitrogens with one attached hydrogen (secondary N) is 2. The van der Waals surface area contributed by atoms with Crippen LogP contribution in [-0.4, -0.2) is 40.8 Å². The predicted octanol–water partition coefficient (Wildman–Crippen LogP) is 5.39. The second kappa shape index (κ2) is 11.8. The van der Waals surface area contributed by atoms with Crippen molar-refractivity contribution in [3.8, 4) is 5.75 Å². The number of hydrogen-bond acceptors (Lipinski definition) is 5. The van der Waals surface area contributed by atoms with Crippen LogP contribution in [0.5, 0.6) is 5.75 Å². The summed E-state index contributed by atoms with van der Waals surface area (Å²) in [6.07, 6.45) is 1.86. The maximum atomic E-state index is 12.8. The highest BCUT2D eigenvalue weighted by atomic mass is 79.9. The molecule has 0 spiro atoms. The summed E-state index contributed by atoms with van der Waals surface area (Å²) >= 11 is 16.5. The number of hydrogen-bond donors (Lipinski definition) is 2. The first kappa shape index (κ1) is 27.4. The van der Waals surface area contributed by atoms with Gasteiger partial charge in [0.1, 0.15) is 11.2 Å². The number of pyridine rings is 1. The first-order valence-electron chi connectivity index (χ1n) is 11.3. The normalized spacial score (nSPS) is 10.8. The van der Waals surface area contributed by atoms with Crippen LogP contribution in [0.1, 0.15) is 21.6 Å². The van der Waals surface area contributed by atoms with E-state index in [4.69, 9.17) is 27.9 Å². The predicted molar refractivity (Wildman–Crippen MR) is 149 cm³/mol. The standard InChI is InChI=1S/C26H22BrCl2N5O4/c1-15-23(27)34-12-6-9-20(24(34)31-15)38-14-17-18(28)10-11-19(22(17)29)33(2)21(35)13-30-26(37)32-25(36)16-7-4-3-5-8-16/h3-12H,13-14H2,1-2H3,(H2,30,32,36,37). The van der Waals surface area contributed by atoms with E-state index in [9.17, 15) is 14.4 Å². The molecule has 0 saturated carbocycles. The second-order valence-corrected chi connectivity index (χ2v) is 9.69. The Morgan fingerprint density at radius 3 is 2.55 bits per heavy atom. The molecule has 38 heavy (non-hydrogen) atoms. The summed E-state index contributed by atoms with van der Waals surface area (Å²) in [7, 11) is 1.52. The lowest BCUT2D eigenvalue weighted by Crippen LogP contribution is -2.44. The molecule has 0 atom stereocenters. The molecule has 4 aromatic rings. The highest BCUT2D eigenvalue weighted by Crippen LogP contribution is 2.35. The van der Waals surface area contributed by atoms with E-state index in [0.717, 1.165) is 10.3 Å². The van der Waals surface area contributed by atoms with E-state index in [1.807, 2.05) is 23.6 Å². The van der Waals surface area contributed by atoms with Crippen LogP contribution in [0, 0.1) is 6.92 Å². The van der Waals surface area contributed by atoms with Crippen LogP contribution >= 0.6 is 39.1 Å². The molecule has 4 amide bonds. The fourth-order valence-corrected chi connectivity index (χ4v) is 4.57. The van der Waals surface area contributed by atoms with Crippen LogP contribution in [-0.2, 0) is 11.4 Å². The number of benzene rings is 2. The van der Waals surface area contributed by atoms with Crippen LogP contribution in [0.3, 0.4) is 0 Å². The van der Waals surface area contributed by atoms with Crippen molar-refractivity contribution in [3.63, 3.8) is 0 Å². The zero-order chi connectivity index (χ0) is 27.4. The number of halogens is 3. The van der Waals surface area contributed by atoms with Crippen LogP contribution in [0.15, 0.2) is 65.4 Å². The Hall–Kier alpha value is -3.60. The minimum absolute atomic E-state index is 0.0268. The van der Waals surface area contributed by atoms with Gasteiger partial charge in [-0.1, -0.05) is 41.4 Å². The quantitative estimate of drug-likeness (QED) is 0.289. The molecule has 2 aromatic heterocycles. The van der Waals surface area contributed by atoms with Crippen LogP contribution in [0.2, 0.25) is 10.0 Å². The molecule has 196 valence electrons. The number of urea groups is 1. The fraction of sp³-hybridized carbons (Fsp3) is 0.154. The average molecular weight is 619 g/mol. The van der Waals surface area contributed by atoms with Gasteiger partial charge >= 0.3 is 6.03 Å². The maximum Gasteiger partial charge on any atom is 0.322 e. The summed E-state index contributed by atoms with van der Waals surface area (Å²) in [4.78, 5) is 42.8. The third-order valence-electron chi connectivity index (χ3n) is 5.65. The average Bonchev–Trinajstić information content (AvgIpc) is 3.21. The molecule has 0 unspecified atom stereocenters. The van der Waals surface area contributed by atoms with Gasteiger partial charge in [0.15, 0.2) is 11.4 Å². The molecule has 0 saturated heterocycles. The van der Waals surface area contributed by atoms with E-state index >= 15 is 0 Å². The zero-order valence-corrected chi connectivity index (χ0v) is 23.4. The lowest BCUT2D eigenvalue weighted by atomic mass is 10.2. The molecule has 2 N–H and O–H groups in total. The van der Waals surface area contributed by atoms with Gasteiger partial charge in [-0.2, -0.15) is 0 Å². The van der Waals surface area contributed by atoms with Crippen molar-refractivity contribution in [1.82, 2.24) is 20.0 Å². The number of rotatable bonds is 7. The smallest absolute Gasteiger partial charge is 0.322 e. The minimum atomic E-state index is -0.799. The third kappa shape index (κ3) is 5.93. The zero-order valence-electron chi connectivity index (χ0n) is 20.3. The van der Waals surface area contributed by atoms with Gasteiger partial charge in [-0.15, -0.1) is 0 Å². The molecular weight excluding hydrogens is 597 g/mol. The number of fused-ring (bicyclic) bond motifs is 1. The summed E-state index contributed by atoms with van der Waals surface area (Å²) in [5.41, 5.74) is 2.61. The van der Waals surface area contributed by atoms with Gasteiger partial charge in [-0.05, 0) is 59.3 Å². The SMILES string of the molecule is Cc1nc2c(OCc3c(Cl)ccc(N(C)C(=O)CNC(=O)NC(=O)c4ccccc4)c3Cl)cccn2c1Br. The highest BCUT2D eigenvalue weighted by molar-refractivity contribution is 9.10. The number of anilines is 1. The molecule has 2 heterocycles. The van der Waals surface area contributed by atoms with Crippen molar-refractivity contribution < 1.29 is 19.1 Å². The van der Waals surface area contributed by atoms with E-state index in [1.165, 1.54) is 11.9 Å². The molecule has 0 bridgehead atoms. The summed E-state index contributed by atoms with van der Waals surface area (Å²) < 4.78 is 8.69. The Morgan fingerprint density at radius 2 is 1.82 bits per heavy atom. The number of carbonyl (C=O) groups excluding carboxylic acids is 3. The number of imidazole rings is 1. The van der Waals surface area contributed by atoms with Gasteiger partial charge < -0.3 is 15.0 Å². The van der Waals surface area contributed by atoms with Crippen molar-refractivity contribution in [2.75, 3.05) is 18.5 Å². The number of aromatic nitrogens is 2. The number of amides is 4. The van der Waals surface area contributed by atoms with Crippen LogP contribution < -0.4 is 20.3 Å². The Bertz CT molecular complexity index is 1530. The molecule has 4 rings (SSSR count). The highest BCUT2D eigenvalue weighted by Gasteiger charge is 2.20. The number of ether oxygens (including phenoxy) is 1. The lowest BCUT2D eigenvalue weighted by Gasteiger charge is -2.21. The number of nitrogens with zero attached hydrogens (tertiary/aromatic N) is 3. The summed E-state index contributed by atoms with van der Waals surface area (Å²) in [6, 6.07) is 14.3. The van der Waals surface area contributed by atoms with Gasteiger partial charge in [-0.25, -0.2) is 9.78 Å². The first-order chi connectivity index (χ1) is 18.2. The van der Waals surface area contributed by atoms with Crippen LogP contribution in [0.4, 0.5) is 10.5 Å². The third-order valence-corrected chi connectivity index (χ3v) is 7.38. The lowest BCUT2D eigenvalue weighted by molar-refractivity contribution is -0.117. The number of carbonyl (C=O) groups is 3. The Morgan fingerprint density at radius 1 is 1.08 bits per heavy atom. The first-order valence-corrected chi connectivity index (χ1v) is 12.9. The molecule has 0 aliphatic heterocycles. The minimum Gasteiger partial charge on any atom is -0.485 e. The Kier molecular flexibility index (Phi) is 8.55. The number of imide groups is 1. The monoisotopic (exact) mass is 617 g/mol. The fourth-order valence-electron chi connectivity index (χ4n) is 3.58. The van der Waals surface area contributed by atoms with E-state index in [0.29, 0.717) is 33.2 Å². The van der Waals surface area contributed by atoms with Crippen molar-refractivity contribution in [2.24, 2.45) is 0 Å². The van der Waals surface area contributed by atoms with Crippen molar-refractivity contribution >= 4 is 68.3 Å². The molecule has 0 radical (unpaired) electrons. The van der Waals surface area contributed by atoms with Gasteiger partial charge in [0.2, 0.25) is 5.91 Å². The molecule has 12 heteroatoms. The molecule has 0 aliphatic carbocycles. The molecule has 9 nitrogen and oxygen atoms in total. The number of aryl methyl sites for hydroxylation is 1. The van der Waals surface area contributed by atoms with E-state index in [-0.39, 0.29) is 18.2 Å². The second-order valence-electron chi connectivity index (χ2n) is 8.16. The Labute approximate surface area is 236 Å². The summed E-state index contributed by atoms with van der Waals surface area (Å²) in [6.45, 7) is 1.54. The van der Waals surface area contributed by atoms with Gasteiger partial charge in [0, 0.05) is 29.4 Å². The van der Waals surface area contributed by atoms with Gasteiger partial charge in [0.05, 0.1) is 22.9 Å². The Balaban J connectivity index is 1.42. The van der Waals surface area contributed by atoms with Crippen molar-refractivity contribution in [1.29, 1.82) is 0 Å². The van der Waals surface area contributed by atoms with Crippen LogP contribution in [0.25, 0.3) is 5.65 Å². The maximum absolute atomic E-state index is 12.8. The topological polar surface area (TPSA) is 105 Å². The summed E-state index contributed by atoms with van der Waals surface area (Å²) in [5, 5.41) is 5.15. The molecular formula is C26H22BrCl2N5O4. The summed E-state index contributed by atoms with van der Waals surface area (Å²) in [5.74, 6) is -0.516. The molecule has 0 aliphatic rings. The number of likely N-dealkylation sites (N-methyl/N-ethyl adjacent to an activating group) is 1. The van der Waals surface area contributed by atoms with Crippen molar-refractivity contribution in [2.45, 2.75) is 13.5 Å². The van der Waals surface area contributed by atoms with E-state index < -0.39 is 17.8 Å². The largest absolute Gasteiger partial charge is 0.485 e. The van der Waals surface area contributed by atoms with E-state index in [1.54, 1.807) is 48.5 Å². The van der Waals surface area contributed by atoms with E-state index in [2.05, 4.69) is 31.5 Å². The molecule has 2 aromatic carbocycles. The van der Waals surface area contributed by atoms with Gasteiger partial charge in [0.25, 0.3) is 5.91 Å². The van der Waals surface area contributed by atoms with Crippen molar-refractivity contribution in [3.05, 3.63) is 92.3 Å². The van der Waals surface area contributed by atoms with Gasteiger partial charge in [-0.3, -0.25) is 19.3 Å². The molecule has 0 fully saturated rings.